The molecule has 0 bridgehead atoms. The molecule has 10 atom stereocenters. The average Bonchev–Trinajstić information content (AvgIpc) is 3.55. The quantitative estimate of drug-likeness (QED) is 0.268. The molecular weight excluding hydrogens is 455 g/mol. The number of fused-ring (bicyclic) bond motifs is 10. The molecule has 0 aromatic rings. The summed E-state index contributed by atoms with van der Waals surface area (Å²) in [6.45, 7) is 2.31. The van der Waals surface area contributed by atoms with Gasteiger partial charge in [-0.3, -0.25) is 0 Å². The van der Waals surface area contributed by atoms with Crippen molar-refractivity contribution >= 4 is 7.85 Å². The summed E-state index contributed by atoms with van der Waals surface area (Å²) in [4.78, 5) is 0. The fourth-order valence-corrected chi connectivity index (χ4v) is 10.8. The van der Waals surface area contributed by atoms with E-state index in [1.165, 1.54) is 32.1 Å². The standard InChI is InChI=1S/C37H41B/c1-2-3-13-27-29-20-24-11-4-5-14-26(24)30(29)21-34-35(27)28-15-6-7-16-31(28)37(34)23-36(19-10-12-25(38)22-36)32-17-8-9-18-33(32)37/h3-5,7-14,16-19,21,24,26-27,29-30,32-33,35H,2,6,15,20,22-23,38H2,1H3/b13-3-/t24?,26-,27?,29?,30?,32?,33?,35?,36-,37?/m0/s1. The van der Waals surface area contributed by atoms with Gasteiger partial charge in [0.05, 0.1) is 0 Å². The second kappa shape index (κ2) is 8.48. The molecule has 1 heteroatoms. The molecule has 0 amide bonds. The predicted molar refractivity (Wildman–Crippen MR) is 162 cm³/mol. The van der Waals surface area contributed by atoms with Gasteiger partial charge < -0.3 is 0 Å². The van der Waals surface area contributed by atoms with Gasteiger partial charge in [-0.25, -0.2) is 0 Å². The van der Waals surface area contributed by atoms with Crippen LogP contribution in [-0.2, 0) is 0 Å². The Morgan fingerprint density at radius 2 is 1.84 bits per heavy atom. The summed E-state index contributed by atoms with van der Waals surface area (Å²) >= 11 is 0. The number of allylic oxidation sites excluding steroid dienone is 20. The lowest BCUT2D eigenvalue weighted by molar-refractivity contribution is 0.232. The Kier molecular flexibility index (Phi) is 5.21. The predicted octanol–water partition coefficient (Wildman–Crippen LogP) is 7.99. The van der Waals surface area contributed by atoms with Crippen LogP contribution < -0.4 is 0 Å². The zero-order valence-electron chi connectivity index (χ0n) is 23.1. The van der Waals surface area contributed by atoms with Crippen LogP contribution in [0, 0.1) is 58.2 Å². The summed E-state index contributed by atoms with van der Waals surface area (Å²) in [5, 5.41) is 0. The first-order valence-corrected chi connectivity index (χ1v) is 15.5. The second-order valence-corrected chi connectivity index (χ2v) is 13.6. The highest BCUT2D eigenvalue weighted by Crippen LogP contribution is 2.75. The molecule has 0 radical (unpaired) electrons. The molecule has 0 heterocycles. The fraction of sp³-hybridized carbons (Fsp3) is 0.459. The molecular formula is C37H41B. The van der Waals surface area contributed by atoms with Crippen LogP contribution in [0.25, 0.3) is 0 Å². The molecule has 8 aliphatic rings. The zero-order valence-corrected chi connectivity index (χ0v) is 23.1. The highest BCUT2D eigenvalue weighted by Gasteiger charge is 2.67. The van der Waals surface area contributed by atoms with Gasteiger partial charge in [0.25, 0.3) is 0 Å². The van der Waals surface area contributed by atoms with Crippen LogP contribution in [0.2, 0.25) is 0 Å². The normalized spacial score (nSPS) is 47.0. The third-order valence-corrected chi connectivity index (χ3v) is 11.9. The molecule has 8 aliphatic carbocycles. The van der Waals surface area contributed by atoms with Gasteiger partial charge in [-0.05, 0) is 90.9 Å². The summed E-state index contributed by atoms with van der Waals surface area (Å²) in [5.74, 6) is 5.20. The molecule has 0 aromatic carbocycles. The summed E-state index contributed by atoms with van der Waals surface area (Å²) in [6, 6.07) is 0. The second-order valence-electron chi connectivity index (χ2n) is 13.6. The Bertz CT molecular complexity index is 1350. The lowest BCUT2D eigenvalue weighted by Crippen LogP contribution is -2.37. The van der Waals surface area contributed by atoms with E-state index in [9.17, 15) is 0 Å². The molecule has 0 N–H and O–H groups in total. The maximum Gasteiger partial charge on any atom is 0.133 e. The molecule has 2 spiro atoms. The number of rotatable bonds is 2. The maximum atomic E-state index is 2.91. The van der Waals surface area contributed by atoms with Crippen molar-refractivity contribution < 1.29 is 0 Å². The van der Waals surface area contributed by atoms with Gasteiger partial charge in [0.15, 0.2) is 0 Å². The van der Waals surface area contributed by atoms with E-state index in [-0.39, 0.29) is 10.8 Å². The minimum atomic E-state index is 0.139. The first-order chi connectivity index (χ1) is 18.7. The van der Waals surface area contributed by atoms with Crippen LogP contribution in [0.15, 0.2) is 119 Å². The first kappa shape index (κ1) is 23.4. The highest BCUT2D eigenvalue weighted by atomic mass is 14.7. The van der Waals surface area contributed by atoms with Gasteiger partial charge in [0, 0.05) is 11.3 Å². The summed E-state index contributed by atoms with van der Waals surface area (Å²) in [6.07, 6.45) is 47.7. The smallest absolute Gasteiger partial charge is 0.109 e. The molecule has 0 nitrogen and oxygen atoms in total. The van der Waals surface area contributed by atoms with Gasteiger partial charge in [-0.15, -0.1) is 5.47 Å². The van der Waals surface area contributed by atoms with E-state index in [0.29, 0.717) is 41.4 Å². The van der Waals surface area contributed by atoms with Crippen LogP contribution in [0.5, 0.6) is 0 Å². The average molecular weight is 497 g/mol. The molecule has 0 aliphatic heterocycles. The van der Waals surface area contributed by atoms with E-state index >= 15 is 0 Å². The molecule has 2 fully saturated rings. The van der Waals surface area contributed by atoms with E-state index < -0.39 is 0 Å². The van der Waals surface area contributed by atoms with Gasteiger partial charge in [0.2, 0.25) is 0 Å². The number of hydrogen-bond donors (Lipinski definition) is 0. The Morgan fingerprint density at radius 3 is 2.71 bits per heavy atom. The van der Waals surface area contributed by atoms with Crippen molar-refractivity contribution in [3.8, 4) is 0 Å². The minimum absolute atomic E-state index is 0.139. The van der Waals surface area contributed by atoms with Crippen molar-refractivity contribution in [2.45, 2.75) is 45.4 Å². The summed E-state index contributed by atoms with van der Waals surface area (Å²) in [7, 11) is 2.36. The lowest BCUT2D eigenvalue weighted by Gasteiger charge is -2.44. The summed E-state index contributed by atoms with van der Waals surface area (Å²) in [5.41, 5.74) is 7.29. The van der Waals surface area contributed by atoms with E-state index in [1.54, 1.807) is 11.0 Å². The van der Waals surface area contributed by atoms with Gasteiger partial charge in [-0.2, -0.15) is 0 Å². The molecule has 38 heavy (non-hydrogen) atoms. The molecule has 0 saturated heterocycles. The largest absolute Gasteiger partial charge is 0.133 e. The molecule has 0 aromatic heterocycles. The van der Waals surface area contributed by atoms with Crippen molar-refractivity contribution in [1.82, 2.24) is 0 Å². The van der Waals surface area contributed by atoms with Crippen molar-refractivity contribution in [3.05, 3.63) is 119 Å². The van der Waals surface area contributed by atoms with E-state index in [0.717, 1.165) is 12.3 Å². The Morgan fingerprint density at radius 1 is 1.00 bits per heavy atom. The van der Waals surface area contributed by atoms with Crippen molar-refractivity contribution in [2.24, 2.45) is 58.2 Å². The molecule has 8 unspecified atom stereocenters. The minimum Gasteiger partial charge on any atom is -0.109 e. The van der Waals surface area contributed by atoms with Crippen molar-refractivity contribution in [1.29, 1.82) is 0 Å². The lowest BCUT2D eigenvalue weighted by atomic mass is 9.59. The fourth-order valence-electron chi connectivity index (χ4n) is 10.8. The Balaban J connectivity index is 1.35. The maximum absolute atomic E-state index is 2.91. The van der Waals surface area contributed by atoms with Crippen LogP contribution in [0.3, 0.4) is 0 Å². The third-order valence-electron chi connectivity index (χ3n) is 11.9. The van der Waals surface area contributed by atoms with E-state index in [2.05, 4.69) is 112 Å². The van der Waals surface area contributed by atoms with E-state index in [1.807, 2.05) is 11.1 Å². The first-order valence-electron chi connectivity index (χ1n) is 15.5. The number of hydrogen-bond acceptors (Lipinski definition) is 0. The van der Waals surface area contributed by atoms with Crippen LogP contribution in [0.4, 0.5) is 0 Å². The molecule has 8 rings (SSSR count). The topological polar surface area (TPSA) is 0 Å². The van der Waals surface area contributed by atoms with Gasteiger partial charge in [0.1, 0.15) is 7.85 Å². The van der Waals surface area contributed by atoms with Crippen molar-refractivity contribution in [2.75, 3.05) is 0 Å². The van der Waals surface area contributed by atoms with Crippen LogP contribution >= 0.6 is 0 Å². The summed E-state index contributed by atoms with van der Waals surface area (Å²) < 4.78 is 0. The zero-order chi connectivity index (χ0) is 25.5. The monoisotopic (exact) mass is 496 g/mol. The Hall–Kier alpha value is -2.54. The SMILES string of the molecule is BC1=CC=C[C@]2(C1)CC1(C3=CC4C(CC5C=CC=C[C@@H]54)C(/C=C\CC)C3C3=C1C=CCC3)C1C=CC=CC12. The molecule has 2 saturated carbocycles. The highest BCUT2D eigenvalue weighted by molar-refractivity contribution is 6.21. The van der Waals surface area contributed by atoms with Gasteiger partial charge in [-0.1, -0.05) is 115 Å². The van der Waals surface area contributed by atoms with Crippen LogP contribution in [0.1, 0.15) is 45.4 Å². The van der Waals surface area contributed by atoms with Gasteiger partial charge >= 0.3 is 0 Å². The van der Waals surface area contributed by atoms with Crippen LogP contribution in [-0.4, -0.2) is 7.85 Å². The third kappa shape index (κ3) is 3.00. The Labute approximate surface area is 230 Å². The van der Waals surface area contributed by atoms with E-state index in [4.69, 9.17) is 0 Å². The molecule has 192 valence electrons. The van der Waals surface area contributed by atoms with Crippen molar-refractivity contribution in [3.63, 3.8) is 0 Å².